The van der Waals surface area contributed by atoms with Crippen molar-refractivity contribution in [2.24, 2.45) is 17.8 Å². The fourth-order valence-electron chi connectivity index (χ4n) is 7.19. The molecule has 0 unspecified atom stereocenters. The molecule has 4 fully saturated rings. The molecular weight excluding hydrogens is 320 g/mol. The van der Waals surface area contributed by atoms with Crippen molar-refractivity contribution in [2.45, 2.75) is 108 Å². The highest BCUT2D eigenvalue weighted by Gasteiger charge is 2.55. The van der Waals surface area contributed by atoms with Crippen molar-refractivity contribution < 1.29 is 4.79 Å². The normalized spacial score (nSPS) is 38.7. The van der Waals surface area contributed by atoms with Gasteiger partial charge in [0.2, 0.25) is 5.91 Å². The summed E-state index contributed by atoms with van der Waals surface area (Å²) in [6.07, 6.45) is 18.1. The zero-order valence-electron chi connectivity index (χ0n) is 17.0. The molecule has 148 valence electrons. The molecule has 26 heavy (non-hydrogen) atoms. The molecule has 0 bridgehead atoms. The Morgan fingerprint density at radius 3 is 2.69 bits per heavy atom. The van der Waals surface area contributed by atoms with Crippen LogP contribution in [0, 0.1) is 17.8 Å². The largest absolute Gasteiger partial charge is 0.337 e. The van der Waals surface area contributed by atoms with Gasteiger partial charge in [-0.3, -0.25) is 4.79 Å². The predicted octanol–water partition coefficient (Wildman–Crippen LogP) is 4.90. The molecule has 0 aromatic carbocycles. The summed E-state index contributed by atoms with van der Waals surface area (Å²) < 4.78 is 0. The summed E-state index contributed by atoms with van der Waals surface area (Å²) in [4.78, 5) is 15.1. The maximum absolute atomic E-state index is 12.7. The highest BCUT2D eigenvalue weighted by Crippen LogP contribution is 2.52. The summed E-state index contributed by atoms with van der Waals surface area (Å²) in [5, 5.41) is 4.06. The van der Waals surface area contributed by atoms with Crippen LogP contribution in [0.5, 0.6) is 0 Å². The first-order valence-corrected chi connectivity index (χ1v) is 11.8. The zero-order chi connectivity index (χ0) is 18.0. The Morgan fingerprint density at radius 2 is 1.88 bits per heavy atom. The molecule has 3 nitrogen and oxygen atoms in total. The number of nitrogens with one attached hydrogen (secondary N) is 1. The Morgan fingerprint density at radius 1 is 1.04 bits per heavy atom. The molecule has 2 aliphatic heterocycles. The number of carbonyl (C=O) groups excluding carboxylic acids is 1. The van der Waals surface area contributed by atoms with Crippen molar-refractivity contribution in [2.75, 3.05) is 13.1 Å². The van der Waals surface area contributed by atoms with Crippen molar-refractivity contribution in [3.8, 4) is 0 Å². The average molecular weight is 361 g/mol. The van der Waals surface area contributed by atoms with Gasteiger partial charge < -0.3 is 10.2 Å². The van der Waals surface area contributed by atoms with Crippen LogP contribution >= 0.6 is 0 Å². The molecular formula is C23H40N2O. The number of hydrogen-bond donors (Lipinski definition) is 1. The van der Waals surface area contributed by atoms with Gasteiger partial charge >= 0.3 is 0 Å². The van der Waals surface area contributed by atoms with E-state index in [9.17, 15) is 4.79 Å². The predicted molar refractivity (Wildman–Crippen MR) is 107 cm³/mol. The van der Waals surface area contributed by atoms with Gasteiger partial charge in [-0.1, -0.05) is 32.6 Å². The second-order valence-corrected chi connectivity index (χ2v) is 9.76. The maximum Gasteiger partial charge on any atom is 0.223 e. The van der Waals surface area contributed by atoms with Gasteiger partial charge in [0.1, 0.15) is 0 Å². The van der Waals surface area contributed by atoms with Crippen molar-refractivity contribution in [1.29, 1.82) is 0 Å². The Balaban J connectivity index is 1.49. The molecule has 1 amide bonds. The van der Waals surface area contributed by atoms with E-state index < -0.39 is 0 Å². The Kier molecular flexibility index (Phi) is 5.93. The minimum atomic E-state index is 0.233. The molecule has 4 rings (SSSR count). The topological polar surface area (TPSA) is 32.3 Å². The molecule has 3 heteroatoms. The summed E-state index contributed by atoms with van der Waals surface area (Å²) in [5.41, 5.74) is 0.233. The lowest BCUT2D eigenvalue weighted by Crippen LogP contribution is -2.60. The standard InChI is InChI=1S/C23H40N2O/c1-2-8-19-20-11-6-12-22(26)25-16-7-14-23(20,25)15-13-21(19)24-17-18-9-4-3-5-10-18/h18-21,24H,2-17H2,1H3/t19-,20+,21+,23-/m1/s1. The van der Waals surface area contributed by atoms with Crippen molar-refractivity contribution in [3.05, 3.63) is 0 Å². The number of nitrogens with zero attached hydrogens (tertiary/aromatic N) is 1. The van der Waals surface area contributed by atoms with Crippen LogP contribution in [0.1, 0.15) is 96.8 Å². The lowest BCUT2D eigenvalue weighted by molar-refractivity contribution is -0.138. The van der Waals surface area contributed by atoms with Gasteiger partial charge in [0.25, 0.3) is 0 Å². The lowest BCUT2D eigenvalue weighted by atomic mass is 9.61. The van der Waals surface area contributed by atoms with E-state index in [1.807, 2.05) is 0 Å². The van der Waals surface area contributed by atoms with Gasteiger partial charge in [-0.25, -0.2) is 0 Å². The van der Waals surface area contributed by atoms with Crippen LogP contribution in [-0.2, 0) is 4.79 Å². The molecule has 4 atom stereocenters. The van der Waals surface area contributed by atoms with Crippen molar-refractivity contribution >= 4 is 5.91 Å². The first kappa shape index (κ1) is 18.8. The molecule has 4 aliphatic rings. The molecule has 2 heterocycles. The summed E-state index contributed by atoms with van der Waals surface area (Å²) in [6, 6.07) is 0.697. The first-order chi connectivity index (χ1) is 12.7. The van der Waals surface area contributed by atoms with E-state index in [-0.39, 0.29) is 5.54 Å². The molecule has 1 spiro atoms. The first-order valence-electron chi connectivity index (χ1n) is 11.8. The third kappa shape index (κ3) is 3.45. The monoisotopic (exact) mass is 360 g/mol. The Bertz CT molecular complexity index is 487. The minimum Gasteiger partial charge on any atom is -0.337 e. The van der Waals surface area contributed by atoms with Crippen molar-refractivity contribution in [1.82, 2.24) is 10.2 Å². The third-order valence-electron chi connectivity index (χ3n) is 8.36. The SMILES string of the molecule is CCC[C@H]1[C@@H](NCC2CCCCC2)CC[C@@]23CCCN2C(=O)CCC[C@@H]13. The van der Waals surface area contributed by atoms with Crippen molar-refractivity contribution in [3.63, 3.8) is 0 Å². The average Bonchev–Trinajstić information content (AvgIpc) is 3.03. The van der Waals surface area contributed by atoms with E-state index >= 15 is 0 Å². The molecule has 2 saturated heterocycles. The van der Waals surface area contributed by atoms with E-state index in [1.54, 1.807) is 0 Å². The van der Waals surface area contributed by atoms with Crippen LogP contribution in [0.3, 0.4) is 0 Å². The van der Waals surface area contributed by atoms with Gasteiger partial charge in [-0.05, 0) is 82.1 Å². The lowest BCUT2D eigenvalue weighted by Gasteiger charge is -2.53. The van der Waals surface area contributed by atoms with Gasteiger partial charge in [-0.15, -0.1) is 0 Å². The van der Waals surface area contributed by atoms with Crippen LogP contribution < -0.4 is 5.32 Å². The summed E-state index contributed by atoms with van der Waals surface area (Å²) in [6.45, 7) is 4.63. The van der Waals surface area contributed by atoms with E-state index in [1.165, 1.54) is 83.6 Å². The van der Waals surface area contributed by atoms with Crippen LogP contribution in [0.2, 0.25) is 0 Å². The highest BCUT2D eigenvalue weighted by molar-refractivity contribution is 5.78. The highest BCUT2D eigenvalue weighted by atomic mass is 16.2. The van der Waals surface area contributed by atoms with E-state index in [0.29, 0.717) is 11.9 Å². The molecule has 0 aromatic rings. The molecule has 2 saturated carbocycles. The fourth-order valence-corrected chi connectivity index (χ4v) is 7.19. The van der Waals surface area contributed by atoms with Gasteiger partial charge in [0.15, 0.2) is 0 Å². The van der Waals surface area contributed by atoms with Crippen LogP contribution in [0.25, 0.3) is 0 Å². The summed E-state index contributed by atoms with van der Waals surface area (Å²) in [5.74, 6) is 2.91. The van der Waals surface area contributed by atoms with Gasteiger partial charge in [0, 0.05) is 24.5 Å². The second-order valence-electron chi connectivity index (χ2n) is 9.76. The molecule has 2 aliphatic carbocycles. The number of rotatable bonds is 5. The van der Waals surface area contributed by atoms with E-state index in [2.05, 4.69) is 17.1 Å². The minimum absolute atomic E-state index is 0.233. The smallest absolute Gasteiger partial charge is 0.223 e. The van der Waals surface area contributed by atoms with Gasteiger partial charge in [-0.2, -0.15) is 0 Å². The number of hydrogen-bond acceptors (Lipinski definition) is 2. The van der Waals surface area contributed by atoms with Gasteiger partial charge in [0.05, 0.1) is 0 Å². The molecule has 0 aromatic heterocycles. The zero-order valence-corrected chi connectivity index (χ0v) is 17.0. The van der Waals surface area contributed by atoms with Crippen LogP contribution in [0.4, 0.5) is 0 Å². The summed E-state index contributed by atoms with van der Waals surface area (Å²) in [7, 11) is 0. The van der Waals surface area contributed by atoms with E-state index in [0.717, 1.165) is 37.1 Å². The van der Waals surface area contributed by atoms with Crippen LogP contribution in [-0.4, -0.2) is 35.5 Å². The van der Waals surface area contributed by atoms with Crippen LogP contribution in [0.15, 0.2) is 0 Å². The molecule has 1 N–H and O–H groups in total. The maximum atomic E-state index is 12.7. The Hall–Kier alpha value is -0.570. The number of carbonyl (C=O) groups is 1. The second kappa shape index (κ2) is 8.20. The third-order valence-corrected chi connectivity index (χ3v) is 8.36. The Labute approximate surface area is 160 Å². The van der Waals surface area contributed by atoms with E-state index in [4.69, 9.17) is 0 Å². The summed E-state index contributed by atoms with van der Waals surface area (Å²) >= 11 is 0. The fraction of sp³-hybridized carbons (Fsp3) is 0.957. The molecule has 0 radical (unpaired) electrons. The number of amides is 1. The quantitative estimate of drug-likeness (QED) is 0.756.